The Labute approximate surface area is 122 Å². The van der Waals surface area contributed by atoms with Crippen LogP contribution in [-0.2, 0) is 4.79 Å². The predicted molar refractivity (Wildman–Crippen MR) is 80.8 cm³/mol. The molecule has 0 aliphatic rings. The molecule has 0 aliphatic heterocycles. The Hall–Kier alpha value is -1.95. The van der Waals surface area contributed by atoms with Crippen molar-refractivity contribution >= 4 is 34.8 Å². The van der Waals surface area contributed by atoms with E-state index in [1.165, 1.54) is 12.1 Å². The van der Waals surface area contributed by atoms with Gasteiger partial charge in [-0.05, 0) is 25.5 Å². The van der Waals surface area contributed by atoms with Gasteiger partial charge in [-0.15, -0.1) is 0 Å². The minimum absolute atomic E-state index is 0.158. The molecule has 0 fully saturated rings. The lowest BCUT2D eigenvalue weighted by Crippen LogP contribution is -2.38. The van der Waals surface area contributed by atoms with Gasteiger partial charge in [0, 0.05) is 12.2 Å². The van der Waals surface area contributed by atoms with E-state index in [4.69, 9.17) is 23.1 Å². The van der Waals surface area contributed by atoms with Crippen molar-refractivity contribution < 1.29 is 9.59 Å². The van der Waals surface area contributed by atoms with Crippen LogP contribution in [0.4, 0.5) is 11.4 Å². The molecule has 0 aromatic heterocycles. The molecule has 6 N–H and O–H groups in total. The first-order valence-corrected chi connectivity index (χ1v) is 6.67. The molecule has 0 saturated carbocycles. The minimum atomic E-state index is -0.664. The van der Waals surface area contributed by atoms with Crippen molar-refractivity contribution in [1.82, 2.24) is 5.32 Å². The van der Waals surface area contributed by atoms with Gasteiger partial charge in [-0.25, -0.2) is 0 Å². The fraction of sp³-hybridized carbons (Fsp3) is 0.385. The van der Waals surface area contributed by atoms with Crippen molar-refractivity contribution in [3.8, 4) is 0 Å². The molecule has 7 heteroatoms. The Kier molecular flexibility index (Phi) is 5.64. The van der Waals surface area contributed by atoms with Gasteiger partial charge in [0.25, 0.3) is 5.91 Å². The molecule has 0 radical (unpaired) electrons. The number of hydrogen-bond acceptors (Lipinski definition) is 4. The molecule has 1 atom stereocenters. The zero-order chi connectivity index (χ0) is 15.3. The van der Waals surface area contributed by atoms with E-state index in [0.29, 0.717) is 17.9 Å². The number of rotatable bonds is 6. The van der Waals surface area contributed by atoms with Crippen LogP contribution in [-0.4, -0.2) is 24.4 Å². The summed E-state index contributed by atoms with van der Waals surface area (Å²) in [5.41, 5.74) is 11.7. The van der Waals surface area contributed by atoms with Crippen molar-refractivity contribution in [3.05, 3.63) is 22.7 Å². The van der Waals surface area contributed by atoms with Gasteiger partial charge in [0.2, 0.25) is 5.91 Å². The first-order valence-electron chi connectivity index (χ1n) is 6.29. The first-order chi connectivity index (χ1) is 9.36. The first kappa shape index (κ1) is 16.1. The predicted octanol–water partition coefficient (Wildman–Crippen LogP) is 1.35. The third-order valence-electron chi connectivity index (χ3n) is 2.68. The molecule has 0 saturated heterocycles. The maximum atomic E-state index is 11.8. The fourth-order valence-corrected chi connectivity index (χ4v) is 1.93. The maximum Gasteiger partial charge on any atom is 0.250 e. The Morgan fingerprint density at radius 1 is 1.40 bits per heavy atom. The van der Waals surface area contributed by atoms with E-state index in [1.54, 1.807) is 6.92 Å². The molecule has 1 rings (SSSR count). The van der Waals surface area contributed by atoms with Crippen LogP contribution in [0.25, 0.3) is 0 Å². The van der Waals surface area contributed by atoms with E-state index < -0.39 is 11.9 Å². The smallest absolute Gasteiger partial charge is 0.250 e. The van der Waals surface area contributed by atoms with E-state index in [1.807, 2.05) is 6.92 Å². The van der Waals surface area contributed by atoms with Crippen LogP contribution < -0.4 is 22.1 Å². The van der Waals surface area contributed by atoms with Gasteiger partial charge in [0.05, 0.1) is 16.3 Å². The quantitative estimate of drug-likeness (QED) is 0.594. The molecular weight excluding hydrogens is 280 g/mol. The van der Waals surface area contributed by atoms with Crippen molar-refractivity contribution in [2.75, 3.05) is 17.6 Å². The number of primary amides is 1. The van der Waals surface area contributed by atoms with Gasteiger partial charge in [-0.3, -0.25) is 9.59 Å². The summed E-state index contributed by atoms with van der Waals surface area (Å²) in [6.07, 6.45) is 0.841. The second-order valence-electron chi connectivity index (χ2n) is 4.45. The van der Waals surface area contributed by atoms with E-state index in [-0.39, 0.29) is 16.5 Å². The molecule has 20 heavy (non-hydrogen) atoms. The average Bonchev–Trinajstić information content (AvgIpc) is 2.38. The van der Waals surface area contributed by atoms with Crippen LogP contribution in [0.1, 0.15) is 30.6 Å². The summed E-state index contributed by atoms with van der Waals surface area (Å²) < 4.78 is 0. The van der Waals surface area contributed by atoms with Gasteiger partial charge >= 0.3 is 0 Å². The largest absolute Gasteiger partial charge is 0.399 e. The third-order valence-corrected chi connectivity index (χ3v) is 2.98. The van der Waals surface area contributed by atoms with Crippen LogP contribution >= 0.6 is 11.6 Å². The summed E-state index contributed by atoms with van der Waals surface area (Å²) in [5.74, 6) is -0.849. The highest BCUT2D eigenvalue weighted by Crippen LogP contribution is 2.29. The molecule has 2 amide bonds. The molecule has 1 aromatic rings. The number of halogens is 1. The summed E-state index contributed by atoms with van der Waals surface area (Å²) in [6.45, 7) is 4.21. The Morgan fingerprint density at radius 3 is 2.60 bits per heavy atom. The SMILES string of the molecule is CCCNC(=O)C(C)Nc1c(Cl)cc(N)cc1C(N)=O. The number of anilines is 2. The molecule has 0 heterocycles. The van der Waals surface area contributed by atoms with Crippen molar-refractivity contribution in [2.45, 2.75) is 26.3 Å². The normalized spacial score (nSPS) is 11.8. The van der Waals surface area contributed by atoms with Crippen molar-refractivity contribution in [3.63, 3.8) is 0 Å². The van der Waals surface area contributed by atoms with Gasteiger partial charge in [-0.1, -0.05) is 18.5 Å². The van der Waals surface area contributed by atoms with Crippen molar-refractivity contribution in [2.24, 2.45) is 5.73 Å². The number of nitrogens with two attached hydrogens (primary N) is 2. The summed E-state index contributed by atoms with van der Waals surface area (Å²) >= 11 is 6.05. The number of hydrogen-bond donors (Lipinski definition) is 4. The number of carbonyl (C=O) groups excluding carboxylic acids is 2. The zero-order valence-corrected chi connectivity index (χ0v) is 12.3. The van der Waals surface area contributed by atoms with Crippen LogP contribution in [0.3, 0.4) is 0 Å². The number of amides is 2. The molecule has 0 bridgehead atoms. The van der Waals surface area contributed by atoms with Crippen LogP contribution in [0.5, 0.6) is 0 Å². The lowest BCUT2D eigenvalue weighted by Gasteiger charge is -2.18. The Bertz CT molecular complexity index is 519. The maximum absolute atomic E-state index is 11.8. The minimum Gasteiger partial charge on any atom is -0.399 e. The number of benzene rings is 1. The summed E-state index contributed by atoms with van der Waals surface area (Å²) in [5, 5.41) is 5.89. The standard InChI is InChI=1S/C13H19ClN4O2/c1-3-4-17-13(20)7(2)18-11-9(12(16)19)5-8(15)6-10(11)14/h5-7,18H,3-4,15H2,1-2H3,(H2,16,19)(H,17,20). The third kappa shape index (κ3) is 4.03. The highest BCUT2D eigenvalue weighted by Gasteiger charge is 2.18. The fourth-order valence-electron chi connectivity index (χ4n) is 1.65. The highest BCUT2D eigenvalue weighted by molar-refractivity contribution is 6.34. The number of carbonyl (C=O) groups is 2. The monoisotopic (exact) mass is 298 g/mol. The molecule has 1 aromatic carbocycles. The summed E-state index contributed by atoms with van der Waals surface area (Å²) in [6, 6.07) is 2.36. The summed E-state index contributed by atoms with van der Waals surface area (Å²) in [7, 11) is 0. The second kappa shape index (κ2) is 7.00. The molecular formula is C13H19ClN4O2. The molecule has 0 aliphatic carbocycles. The summed E-state index contributed by atoms with van der Waals surface area (Å²) in [4.78, 5) is 23.2. The lowest BCUT2D eigenvalue weighted by molar-refractivity contribution is -0.121. The van der Waals surface area contributed by atoms with E-state index in [0.717, 1.165) is 6.42 Å². The number of nitrogens with one attached hydrogen (secondary N) is 2. The Morgan fingerprint density at radius 2 is 2.05 bits per heavy atom. The number of nitrogen functional groups attached to an aromatic ring is 1. The highest BCUT2D eigenvalue weighted by atomic mass is 35.5. The zero-order valence-electron chi connectivity index (χ0n) is 11.5. The molecule has 1 unspecified atom stereocenters. The average molecular weight is 299 g/mol. The van der Waals surface area contributed by atoms with Gasteiger partial charge in [-0.2, -0.15) is 0 Å². The topological polar surface area (TPSA) is 110 Å². The van der Waals surface area contributed by atoms with Crippen LogP contribution in [0.15, 0.2) is 12.1 Å². The second-order valence-corrected chi connectivity index (χ2v) is 4.85. The van der Waals surface area contributed by atoms with E-state index >= 15 is 0 Å². The van der Waals surface area contributed by atoms with Gasteiger partial charge in [0.1, 0.15) is 6.04 Å². The molecule has 110 valence electrons. The van der Waals surface area contributed by atoms with Crippen molar-refractivity contribution in [1.29, 1.82) is 0 Å². The molecule has 6 nitrogen and oxygen atoms in total. The van der Waals surface area contributed by atoms with Gasteiger partial charge < -0.3 is 22.1 Å². The van der Waals surface area contributed by atoms with E-state index in [2.05, 4.69) is 10.6 Å². The van der Waals surface area contributed by atoms with E-state index in [9.17, 15) is 9.59 Å². The Balaban J connectivity index is 2.97. The van der Waals surface area contributed by atoms with Crippen LogP contribution in [0.2, 0.25) is 5.02 Å². The molecule has 0 spiro atoms. The van der Waals surface area contributed by atoms with Crippen LogP contribution in [0, 0.1) is 0 Å². The lowest BCUT2D eigenvalue weighted by atomic mass is 10.1. The van der Waals surface area contributed by atoms with Gasteiger partial charge in [0.15, 0.2) is 0 Å².